The first-order valence-electron chi connectivity index (χ1n) is 7.63. The highest BCUT2D eigenvalue weighted by atomic mass is 32.2. The molecule has 23 heavy (non-hydrogen) atoms. The normalized spacial score (nSPS) is 15.5. The first kappa shape index (κ1) is 16.1. The van der Waals surface area contributed by atoms with Crippen molar-refractivity contribution in [3.05, 3.63) is 17.2 Å². The molecule has 2 heterocycles. The van der Waals surface area contributed by atoms with Crippen LogP contribution in [0.4, 0.5) is 0 Å². The summed E-state index contributed by atoms with van der Waals surface area (Å²) in [7, 11) is -1.84. The zero-order chi connectivity index (χ0) is 16.8. The number of aryl methyl sites for hydroxylation is 2. The smallest absolute Gasteiger partial charge is 0.246 e. The van der Waals surface area contributed by atoms with Gasteiger partial charge in [-0.05, 0) is 31.9 Å². The van der Waals surface area contributed by atoms with Gasteiger partial charge in [-0.15, -0.1) is 10.2 Å². The van der Waals surface area contributed by atoms with E-state index in [0.717, 1.165) is 12.8 Å². The monoisotopic (exact) mass is 339 g/mol. The first-order valence-corrected chi connectivity index (χ1v) is 9.07. The zero-order valence-electron chi connectivity index (χ0n) is 13.8. The Morgan fingerprint density at radius 3 is 2.48 bits per heavy atom. The number of tetrazole rings is 1. The van der Waals surface area contributed by atoms with Crippen LogP contribution in [0.15, 0.2) is 4.90 Å². The van der Waals surface area contributed by atoms with Gasteiger partial charge in [0.1, 0.15) is 11.4 Å². The molecule has 0 aliphatic heterocycles. The molecule has 2 aromatic heterocycles. The van der Waals surface area contributed by atoms with Gasteiger partial charge < -0.3 is 0 Å². The molecule has 9 nitrogen and oxygen atoms in total. The molecule has 10 heteroatoms. The third-order valence-corrected chi connectivity index (χ3v) is 6.27. The van der Waals surface area contributed by atoms with Gasteiger partial charge in [0, 0.05) is 12.6 Å². The molecule has 0 aromatic carbocycles. The minimum absolute atomic E-state index is 0.133. The highest BCUT2D eigenvalue weighted by Crippen LogP contribution is 2.33. The summed E-state index contributed by atoms with van der Waals surface area (Å²) < 4.78 is 29.2. The lowest BCUT2D eigenvalue weighted by Crippen LogP contribution is -2.33. The molecular formula is C13H21N7O2S. The summed E-state index contributed by atoms with van der Waals surface area (Å²) in [6, 6.07) is 0.133. The number of hydrogen-bond acceptors (Lipinski definition) is 6. The van der Waals surface area contributed by atoms with Crippen molar-refractivity contribution in [2.75, 3.05) is 6.54 Å². The number of nitrogens with zero attached hydrogens (tertiary/aromatic N) is 7. The fourth-order valence-corrected chi connectivity index (χ4v) is 4.90. The summed E-state index contributed by atoms with van der Waals surface area (Å²) in [5, 5.41) is 16.2. The van der Waals surface area contributed by atoms with Crippen LogP contribution in [0.1, 0.15) is 37.0 Å². The molecule has 0 bridgehead atoms. The van der Waals surface area contributed by atoms with Crippen molar-refractivity contribution in [3.8, 4) is 0 Å². The standard InChI is InChI=1S/C13H21N7O2S/c1-5-20(11-6-7-11)23(21,22)13-9(2)15-19(10(13)3)8-12-14-17-18(4)16-12/h11H,5-8H2,1-4H3. The van der Waals surface area contributed by atoms with Crippen LogP contribution in [0.2, 0.25) is 0 Å². The van der Waals surface area contributed by atoms with Gasteiger partial charge in [-0.2, -0.15) is 14.2 Å². The van der Waals surface area contributed by atoms with Crippen LogP contribution < -0.4 is 0 Å². The molecule has 0 atom stereocenters. The van der Waals surface area contributed by atoms with Crippen molar-refractivity contribution >= 4 is 10.0 Å². The van der Waals surface area contributed by atoms with Crippen LogP contribution in [0.25, 0.3) is 0 Å². The van der Waals surface area contributed by atoms with E-state index in [0.29, 0.717) is 35.2 Å². The van der Waals surface area contributed by atoms with E-state index in [2.05, 4.69) is 20.5 Å². The minimum atomic E-state index is -3.53. The largest absolute Gasteiger partial charge is 0.260 e. The Bertz CT molecular complexity index is 819. The van der Waals surface area contributed by atoms with Crippen molar-refractivity contribution in [2.45, 2.75) is 51.1 Å². The lowest BCUT2D eigenvalue weighted by Gasteiger charge is -2.20. The second kappa shape index (κ2) is 5.68. The van der Waals surface area contributed by atoms with Crippen molar-refractivity contribution in [1.29, 1.82) is 0 Å². The van der Waals surface area contributed by atoms with Gasteiger partial charge in [0.25, 0.3) is 0 Å². The van der Waals surface area contributed by atoms with Gasteiger partial charge >= 0.3 is 0 Å². The topological polar surface area (TPSA) is 98.8 Å². The molecule has 1 fully saturated rings. The molecule has 0 N–H and O–H groups in total. The number of hydrogen-bond donors (Lipinski definition) is 0. The minimum Gasteiger partial charge on any atom is -0.260 e. The van der Waals surface area contributed by atoms with E-state index in [9.17, 15) is 8.42 Å². The summed E-state index contributed by atoms with van der Waals surface area (Å²) >= 11 is 0. The van der Waals surface area contributed by atoms with E-state index < -0.39 is 10.0 Å². The average molecular weight is 339 g/mol. The van der Waals surface area contributed by atoms with Crippen LogP contribution >= 0.6 is 0 Å². The van der Waals surface area contributed by atoms with Gasteiger partial charge in [0.2, 0.25) is 10.0 Å². The predicted octanol–water partition coefficient (Wildman–Crippen LogP) is 0.245. The third kappa shape index (κ3) is 2.88. The molecule has 1 aliphatic carbocycles. The summed E-state index contributed by atoms with van der Waals surface area (Å²) in [4.78, 5) is 1.67. The molecule has 0 unspecified atom stereocenters. The fourth-order valence-electron chi connectivity index (χ4n) is 2.83. The number of sulfonamides is 1. The van der Waals surface area contributed by atoms with Crippen LogP contribution in [0, 0.1) is 13.8 Å². The zero-order valence-corrected chi connectivity index (χ0v) is 14.6. The third-order valence-electron chi connectivity index (χ3n) is 3.99. The van der Waals surface area contributed by atoms with Crippen molar-refractivity contribution in [2.24, 2.45) is 7.05 Å². The second-order valence-corrected chi connectivity index (χ2v) is 7.62. The summed E-state index contributed by atoms with van der Waals surface area (Å²) in [5.41, 5.74) is 1.11. The molecule has 0 spiro atoms. The maximum Gasteiger partial charge on any atom is 0.246 e. The van der Waals surface area contributed by atoms with Crippen LogP contribution in [0.3, 0.4) is 0 Å². The Balaban J connectivity index is 1.97. The maximum absolute atomic E-state index is 13.0. The van der Waals surface area contributed by atoms with E-state index in [1.807, 2.05) is 6.92 Å². The summed E-state index contributed by atoms with van der Waals surface area (Å²) in [6.07, 6.45) is 1.87. The lowest BCUT2D eigenvalue weighted by atomic mass is 10.4. The van der Waals surface area contributed by atoms with Crippen molar-refractivity contribution in [3.63, 3.8) is 0 Å². The Hall–Kier alpha value is -1.81. The maximum atomic E-state index is 13.0. The highest BCUT2D eigenvalue weighted by Gasteiger charge is 2.39. The molecule has 126 valence electrons. The number of rotatable bonds is 6. The molecule has 0 radical (unpaired) electrons. The Kier molecular flexibility index (Phi) is 3.96. The van der Waals surface area contributed by atoms with Crippen LogP contribution in [-0.4, -0.2) is 55.3 Å². The molecule has 0 saturated heterocycles. The predicted molar refractivity (Wildman–Crippen MR) is 82.2 cm³/mol. The summed E-state index contributed by atoms with van der Waals surface area (Å²) in [6.45, 7) is 6.13. The van der Waals surface area contributed by atoms with E-state index in [4.69, 9.17) is 0 Å². The molecule has 2 aromatic rings. The van der Waals surface area contributed by atoms with Crippen molar-refractivity contribution < 1.29 is 8.42 Å². The SMILES string of the molecule is CCN(C1CC1)S(=O)(=O)c1c(C)nn(Cc2nnn(C)n2)c1C. The highest BCUT2D eigenvalue weighted by molar-refractivity contribution is 7.89. The van der Waals surface area contributed by atoms with Gasteiger partial charge in [-0.1, -0.05) is 6.92 Å². The first-order chi connectivity index (χ1) is 10.8. The Labute approximate surface area is 135 Å². The number of aromatic nitrogens is 6. The van der Waals surface area contributed by atoms with Gasteiger partial charge in [-0.3, -0.25) is 4.68 Å². The van der Waals surface area contributed by atoms with Crippen LogP contribution in [-0.2, 0) is 23.6 Å². The average Bonchev–Trinajstić information content (AvgIpc) is 3.13. The molecule has 1 aliphatic rings. The molecular weight excluding hydrogens is 318 g/mol. The lowest BCUT2D eigenvalue weighted by molar-refractivity contribution is 0.420. The molecule has 0 amide bonds. The molecule has 3 rings (SSSR count). The van der Waals surface area contributed by atoms with E-state index in [1.165, 1.54) is 4.80 Å². The van der Waals surface area contributed by atoms with E-state index in [-0.39, 0.29) is 6.04 Å². The van der Waals surface area contributed by atoms with E-state index in [1.54, 1.807) is 29.9 Å². The Morgan fingerprint density at radius 1 is 1.26 bits per heavy atom. The van der Waals surface area contributed by atoms with Gasteiger partial charge in [0.05, 0.1) is 18.4 Å². The Morgan fingerprint density at radius 2 is 1.96 bits per heavy atom. The van der Waals surface area contributed by atoms with E-state index >= 15 is 0 Å². The van der Waals surface area contributed by atoms with Crippen molar-refractivity contribution in [1.82, 2.24) is 34.3 Å². The molecule has 1 saturated carbocycles. The second-order valence-electron chi connectivity index (χ2n) is 5.79. The van der Waals surface area contributed by atoms with Crippen LogP contribution in [0.5, 0.6) is 0 Å². The van der Waals surface area contributed by atoms with Gasteiger partial charge in [0.15, 0.2) is 5.82 Å². The quantitative estimate of drug-likeness (QED) is 0.748. The fraction of sp³-hybridized carbons (Fsp3) is 0.692. The van der Waals surface area contributed by atoms with Gasteiger partial charge in [-0.25, -0.2) is 8.42 Å². The summed E-state index contributed by atoms with van der Waals surface area (Å²) in [5.74, 6) is 0.497.